The van der Waals surface area contributed by atoms with Crippen LogP contribution in [0.25, 0.3) is 0 Å². The molecular weight excluding hydrogens is 240 g/mol. The van der Waals surface area contributed by atoms with Crippen molar-refractivity contribution in [3.63, 3.8) is 0 Å². The lowest BCUT2D eigenvalue weighted by molar-refractivity contribution is 0.181. The number of nitrogens with one attached hydrogen (secondary N) is 1. The first-order chi connectivity index (χ1) is 9.33. The zero-order valence-corrected chi connectivity index (χ0v) is 12.1. The lowest BCUT2D eigenvalue weighted by atomic mass is 9.97. The summed E-state index contributed by atoms with van der Waals surface area (Å²) in [5.74, 6) is 1.75. The first kappa shape index (κ1) is 14.3. The van der Waals surface area contributed by atoms with E-state index in [2.05, 4.69) is 32.9 Å². The highest BCUT2D eigenvalue weighted by molar-refractivity contribution is 5.25. The topological polar surface area (TPSA) is 42.3 Å². The maximum Gasteiger partial charge on any atom is 0.202 e. The van der Waals surface area contributed by atoms with Crippen LogP contribution in [0.1, 0.15) is 19.8 Å². The average molecular weight is 266 g/mol. The van der Waals surface area contributed by atoms with E-state index in [1.54, 1.807) is 7.11 Å². The van der Waals surface area contributed by atoms with E-state index < -0.39 is 0 Å². The van der Waals surface area contributed by atoms with Gasteiger partial charge < -0.3 is 19.5 Å². The van der Waals surface area contributed by atoms with Crippen molar-refractivity contribution in [1.29, 1.82) is 0 Å². The van der Waals surface area contributed by atoms with Crippen LogP contribution >= 0.6 is 0 Å². The van der Waals surface area contributed by atoms with Gasteiger partial charge in [-0.05, 0) is 38.4 Å². The van der Waals surface area contributed by atoms with E-state index in [9.17, 15) is 0 Å². The Bertz CT molecular complexity index is 358. The van der Waals surface area contributed by atoms with Crippen molar-refractivity contribution in [3.8, 4) is 0 Å². The second-order valence-corrected chi connectivity index (χ2v) is 5.20. The zero-order chi connectivity index (χ0) is 13.5. The minimum atomic E-state index is 0.710. The maximum absolute atomic E-state index is 5.05. The smallest absolute Gasteiger partial charge is 0.202 e. The van der Waals surface area contributed by atoms with E-state index in [1.807, 2.05) is 6.20 Å². The highest BCUT2D eigenvalue weighted by Crippen LogP contribution is 2.20. The van der Waals surface area contributed by atoms with Crippen LogP contribution in [0.2, 0.25) is 0 Å². The number of imidazole rings is 1. The van der Waals surface area contributed by atoms with Gasteiger partial charge in [-0.25, -0.2) is 4.98 Å². The van der Waals surface area contributed by atoms with E-state index in [0.717, 1.165) is 25.0 Å². The van der Waals surface area contributed by atoms with Crippen molar-refractivity contribution in [2.24, 2.45) is 5.92 Å². The number of hydrogen-bond donors (Lipinski definition) is 1. The molecule has 0 amide bonds. The van der Waals surface area contributed by atoms with Crippen LogP contribution in [0.5, 0.6) is 0 Å². The van der Waals surface area contributed by atoms with Gasteiger partial charge in [-0.2, -0.15) is 0 Å². The Morgan fingerprint density at radius 1 is 1.42 bits per heavy atom. The molecule has 2 rings (SSSR count). The van der Waals surface area contributed by atoms with E-state index in [1.165, 1.54) is 32.5 Å². The van der Waals surface area contributed by atoms with Crippen molar-refractivity contribution >= 4 is 5.95 Å². The standard InChI is InChI=1S/C14H26N4O/c1-3-17-8-4-13(5-9-17)12-18-10-6-15-14(18)16-7-11-19-2/h6,10,13H,3-5,7-9,11-12H2,1-2H3,(H,15,16). The molecule has 1 aromatic heterocycles. The third kappa shape index (κ3) is 4.21. The number of nitrogens with zero attached hydrogens (tertiary/aromatic N) is 3. The Morgan fingerprint density at radius 3 is 2.89 bits per heavy atom. The third-order valence-electron chi connectivity index (χ3n) is 3.91. The van der Waals surface area contributed by atoms with Crippen molar-refractivity contribution < 1.29 is 4.74 Å². The van der Waals surface area contributed by atoms with Crippen molar-refractivity contribution in [2.75, 3.05) is 45.2 Å². The van der Waals surface area contributed by atoms with Gasteiger partial charge in [0.1, 0.15) is 0 Å². The monoisotopic (exact) mass is 266 g/mol. The Morgan fingerprint density at radius 2 is 2.21 bits per heavy atom. The molecule has 1 saturated heterocycles. The van der Waals surface area contributed by atoms with Gasteiger partial charge in [-0.1, -0.05) is 6.92 Å². The molecular formula is C14H26N4O. The number of anilines is 1. The fourth-order valence-electron chi connectivity index (χ4n) is 2.65. The molecule has 5 heteroatoms. The minimum absolute atomic E-state index is 0.710. The molecule has 0 bridgehead atoms. The second-order valence-electron chi connectivity index (χ2n) is 5.20. The molecule has 1 aliphatic rings. The summed E-state index contributed by atoms with van der Waals surface area (Å²) in [6.45, 7) is 8.50. The Kier molecular flexibility index (Phi) is 5.66. The molecule has 1 N–H and O–H groups in total. The molecule has 0 aromatic carbocycles. The van der Waals surface area contributed by atoms with Gasteiger partial charge in [0.15, 0.2) is 0 Å². The van der Waals surface area contributed by atoms with Crippen LogP contribution in [0.3, 0.4) is 0 Å². The van der Waals surface area contributed by atoms with E-state index in [-0.39, 0.29) is 0 Å². The van der Waals surface area contributed by atoms with Crippen LogP contribution in [0.4, 0.5) is 5.95 Å². The van der Waals surface area contributed by atoms with Gasteiger partial charge in [-0.15, -0.1) is 0 Å². The third-order valence-corrected chi connectivity index (χ3v) is 3.91. The lowest BCUT2D eigenvalue weighted by Gasteiger charge is -2.31. The van der Waals surface area contributed by atoms with Gasteiger partial charge in [0, 0.05) is 32.6 Å². The molecule has 0 atom stereocenters. The van der Waals surface area contributed by atoms with Gasteiger partial charge >= 0.3 is 0 Å². The number of piperidine rings is 1. The summed E-state index contributed by atoms with van der Waals surface area (Å²) in [4.78, 5) is 6.90. The van der Waals surface area contributed by atoms with Crippen molar-refractivity contribution in [2.45, 2.75) is 26.3 Å². The summed E-state index contributed by atoms with van der Waals surface area (Å²) >= 11 is 0. The average Bonchev–Trinajstić information content (AvgIpc) is 2.87. The predicted octanol–water partition coefficient (Wildman–Crippen LogP) is 1.67. The van der Waals surface area contributed by atoms with E-state index in [4.69, 9.17) is 4.74 Å². The molecule has 19 heavy (non-hydrogen) atoms. The summed E-state index contributed by atoms with van der Waals surface area (Å²) in [6.07, 6.45) is 6.53. The molecule has 0 radical (unpaired) electrons. The van der Waals surface area contributed by atoms with Crippen LogP contribution < -0.4 is 5.32 Å². The van der Waals surface area contributed by atoms with Crippen LogP contribution in [0.15, 0.2) is 12.4 Å². The van der Waals surface area contributed by atoms with Gasteiger partial charge in [0.2, 0.25) is 5.95 Å². The highest BCUT2D eigenvalue weighted by atomic mass is 16.5. The Hall–Kier alpha value is -1.07. The molecule has 0 aliphatic carbocycles. The number of hydrogen-bond acceptors (Lipinski definition) is 4. The molecule has 1 fully saturated rings. The van der Waals surface area contributed by atoms with Crippen LogP contribution in [-0.4, -0.2) is 54.3 Å². The number of rotatable bonds is 7. The van der Waals surface area contributed by atoms with Gasteiger partial charge in [0.05, 0.1) is 6.61 Å². The summed E-state index contributed by atoms with van der Waals surface area (Å²) in [7, 11) is 1.72. The number of aromatic nitrogens is 2. The Labute approximate surface area is 116 Å². The molecule has 2 heterocycles. The summed E-state index contributed by atoms with van der Waals surface area (Å²) in [6, 6.07) is 0. The summed E-state index contributed by atoms with van der Waals surface area (Å²) in [5, 5.41) is 3.32. The molecule has 0 spiro atoms. The van der Waals surface area contributed by atoms with Gasteiger partial charge in [-0.3, -0.25) is 0 Å². The molecule has 5 nitrogen and oxygen atoms in total. The summed E-state index contributed by atoms with van der Waals surface area (Å²) < 4.78 is 7.29. The lowest BCUT2D eigenvalue weighted by Crippen LogP contribution is -2.34. The zero-order valence-electron chi connectivity index (χ0n) is 12.1. The second kappa shape index (κ2) is 7.50. The van der Waals surface area contributed by atoms with Crippen molar-refractivity contribution in [3.05, 3.63) is 12.4 Å². The molecule has 1 aromatic rings. The molecule has 0 saturated carbocycles. The molecule has 1 aliphatic heterocycles. The minimum Gasteiger partial charge on any atom is -0.383 e. The summed E-state index contributed by atoms with van der Waals surface area (Å²) in [5.41, 5.74) is 0. The van der Waals surface area contributed by atoms with E-state index in [0.29, 0.717) is 6.61 Å². The first-order valence-electron chi connectivity index (χ1n) is 7.29. The number of methoxy groups -OCH3 is 1. The predicted molar refractivity (Wildman–Crippen MR) is 77.4 cm³/mol. The van der Waals surface area contributed by atoms with E-state index >= 15 is 0 Å². The molecule has 0 unspecified atom stereocenters. The SMILES string of the molecule is CCN1CCC(Cn2ccnc2NCCOC)CC1. The number of ether oxygens (including phenoxy) is 1. The quantitative estimate of drug-likeness (QED) is 0.762. The van der Waals surface area contributed by atoms with Crippen molar-refractivity contribution in [1.82, 2.24) is 14.5 Å². The fraction of sp³-hybridized carbons (Fsp3) is 0.786. The van der Waals surface area contributed by atoms with Gasteiger partial charge in [0.25, 0.3) is 0 Å². The highest BCUT2D eigenvalue weighted by Gasteiger charge is 2.19. The van der Waals surface area contributed by atoms with Crippen LogP contribution in [0, 0.1) is 5.92 Å². The fourth-order valence-corrected chi connectivity index (χ4v) is 2.65. The van der Waals surface area contributed by atoms with Crippen LogP contribution in [-0.2, 0) is 11.3 Å². The number of likely N-dealkylation sites (tertiary alicyclic amines) is 1. The first-order valence-corrected chi connectivity index (χ1v) is 7.29. The normalized spacial score (nSPS) is 17.8. The largest absolute Gasteiger partial charge is 0.383 e. The molecule has 108 valence electrons. The maximum atomic E-state index is 5.05. The Balaban J connectivity index is 1.81.